The Morgan fingerprint density at radius 1 is 1.19 bits per heavy atom. The van der Waals surface area contributed by atoms with Gasteiger partial charge in [-0.05, 0) is 31.2 Å². The lowest BCUT2D eigenvalue weighted by Gasteiger charge is -2.25. The first kappa shape index (κ1) is 13.9. The first-order chi connectivity index (χ1) is 10.4. The van der Waals surface area contributed by atoms with Crippen LogP contribution in [0.5, 0.6) is 11.5 Å². The van der Waals surface area contributed by atoms with Crippen molar-refractivity contribution in [2.24, 2.45) is 5.92 Å². The van der Waals surface area contributed by atoms with Crippen LogP contribution in [-0.4, -0.2) is 25.2 Å². The molecule has 1 saturated heterocycles. The molecule has 1 aliphatic rings. The number of benzene rings is 1. The zero-order chi connectivity index (χ0) is 14.5. The molecule has 0 spiro atoms. The monoisotopic (exact) mass is 284 g/mol. The summed E-state index contributed by atoms with van der Waals surface area (Å²) in [6.45, 7) is 2.01. The Morgan fingerprint density at radius 2 is 2.05 bits per heavy atom. The van der Waals surface area contributed by atoms with E-state index in [0.717, 1.165) is 36.6 Å². The van der Waals surface area contributed by atoms with E-state index in [4.69, 9.17) is 9.47 Å². The summed E-state index contributed by atoms with van der Waals surface area (Å²) in [6.07, 6.45) is 4.77. The summed E-state index contributed by atoms with van der Waals surface area (Å²) in [5.74, 6) is 1.98. The molecular weight excluding hydrogens is 264 g/mol. The molecule has 0 saturated carbocycles. The van der Waals surface area contributed by atoms with Crippen LogP contribution in [0.1, 0.15) is 18.1 Å². The van der Waals surface area contributed by atoms with Gasteiger partial charge >= 0.3 is 0 Å². The zero-order valence-corrected chi connectivity index (χ0v) is 12.2. The normalized spacial score (nSPS) is 19.2. The smallest absolute Gasteiger partial charge is 0.162 e. The molecule has 1 N–H and O–H groups in total. The molecule has 21 heavy (non-hydrogen) atoms. The fraction of sp³-hybridized carbons (Fsp3) is 0.353. The van der Waals surface area contributed by atoms with Crippen molar-refractivity contribution in [3.05, 3.63) is 54.4 Å². The van der Waals surface area contributed by atoms with Crippen LogP contribution < -0.4 is 14.8 Å². The van der Waals surface area contributed by atoms with Gasteiger partial charge in [0.05, 0.1) is 7.11 Å². The van der Waals surface area contributed by atoms with Crippen molar-refractivity contribution in [2.75, 3.05) is 20.2 Å². The Kier molecular flexibility index (Phi) is 4.36. The fourth-order valence-electron chi connectivity index (χ4n) is 2.77. The Hall–Kier alpha value is -2.07. The number of aromatic nitrogens is 1. The minimum absolute atomic E-state index is 0.00926. The van der Waals surface area contributed by atoms with Crippen molar-refractivity contribution in [3.63, 3.8) is 0 Å². The van der Waals surface area contributed by atoms with Gasteiger partial charge in [-0.15, -0.1) is 0 Å². The minimum atomic E-state index is -0.00926. The third kappa shape index (κ3) is 3.16. The fourth-order valence-corrected chi connectivity index (χ4v) is 2.77. The lowest BCUT2D eigenvalue weighted by molar-refractivity contribution is 0.139. The molecule has 1 aromatic carbocycles. The quantitative estimate of drug-likeness (QED) is 0.917. The van der Waals surface area contributed by atoms with Gasteiger partial charge in [0.25, 0.3) is 0 Å². The van der Waals surface area contributed by atoms with E-state index in [1.807, 2.05) is 36.5 Å². The van der Waals surface area contributed by atoms with Gasteiger partial charge in [0.15, 0.2) is 11.5 Å². The second-order valence-corrected chi connectivity index (χ2v) is 5.23. The van der Waals surface area contributed by atoms with Gasteiger partial charge in [-0.2, -0.15) is 0 Å². The minimum Gasteiger partial charge on any atom is -0.493 e. The molecule has 1 unspecified atom stereocenters. The van der Waals surface area contributed by atoms with Crippen LogP contribution in [0.2, 0.25) is 0 Å². The highest BCUT2D eigenvalue weighted by molar-refractivity contribution is 5.40. The van der Waals surface area contributed by atoms with E-state index in [1.165, 1.54) is 0 Å². The lowest BCUT2D eigenvalue weighted by atomic mass is 9.96. The second kappa shape index (κ2) is 6.59. The average molecular weight is 284 g/mol. The number of hydrogen-bond acceptors (Lipinski definition) is 4. The van der Waals surface area contributed by atoms with Crippen LogP contribution in [0, 0.1) is 5.92 Å². The molecule has 110 valence electrons. The summed E-state index contributed by atoms with van der Waals surface area (Å²) < 4.78 is 11.7. The summed E-state index contributed by atoms with van der Waals surface area (Å²) in [6, 6.07) is 11.8. The van der Waals surface area contributed by atoms with Crippen LogP contribution in [0.15, 0.2) is 48.8 Å². The molecule has 1 aliphatic heterocycles. The number of pyridine rings is 1. The van der Waals surface area contributed by atoms with Gasteiger partial charge < -0.3 is 14.8 Å². The third-order valence-corrected chi connectivity index (χ3v) is 3.86. The van der Waals surface area contributed by atoms with E-state index in [-0.39, 0.29) is 6.10 Å². The van der Waals surface area contributed by atoms with Crippen molar-refractivity contribution in [1.29, 1.82) is 0 Å². The molecular formula is C17H20N2O2. The van der Waals surface area contributed by atoms with Crippen LogP contribution in [-0.2, 0) is 0 Å². The van der Waals surface area contributed by atoms with Crippen molar-refractivity contribution < 1.29 is 9.47 Å². The van der Waals surface area contributed by atoms with Gasteiger partial charge in [-0.1, -0.05) is 18.2 Å². The van der Waals surface area contributed by atoms with Crippen LogP contribution in [0.25, 0.3) is 0 Å². The lowest BCUT2D eigenvalue weighted by Crippen LogP contribution is -2.21. The molecule has 1 fully saturated rings. The summed E-state index contributed by atoms with van der Waals surface area (Å²) in [5, 5.41) is 3.41. The molecule has 2 heterocycles. The first-order valence-electron chi connectivity index (χ1n) is 7.29. The third-order valence-electron chi connectivity index (χ3n) is 3.86. The largest absolute Gasteiger partial charge is 0.493 e. The van der Waals surface area contributed by atoms with E-state index in [0.29, 0.717) is 5.92 Å². The van der Waals surface area contributed by atoms with E-state index in [2.05, 4.69) is 16.4 Å². The van der Waals surface area contributed by atoms with E-state index < -0.39 is 0 Å². The van der Waals surface area contributed by atoms with Gasteiger partial charge in [-0.3, -0.25) is 4.98 Å². The van der Waals surface area contributed by atoms with Crippen LogP contribution in [0.4, 0.5) is 0 Å². The number of ether oxygens (including phenoxy) is 2. The molecule has 4 nitrogen and oxygen atoms in total. The molecule has 1 aromatic heterocycles. The van der Waals surface area contributed by atoms with E-state index in [1.54, 1.807) is 13.3 Å². The Bertz CT molecular complexity index is 568. The van der Waals surface area contributed by atoms with Gasteiger partial charge in [-0.25, -0.2) is 0 Å². The number of para-hydroxylation sites is 2. The van der Waals surface area contributed by atoms with E-state index >= 15 is 0 Å². The highest BCUT2D eigenvalue weighted by Gasteiger charge is 2.28. The highest BCUT2D eigenvalue weighted by atomic mass is 16.5. The second-order valence-electron chi connectivity index (χ2n) is 5.23. The Balaban J connectivity index is 1.88. The topological polar surface area (TPSA) is 43.4 Å². The van der Waals surface area contributed by atoms with Gasteiger partial charge in [0.2, 0.25) is 0 Å². The summed E-state index contributed by atoms with van der Waals surface area (Å²) >= 11 is 0. The Morgan fingerprint density at radius 3 is 2.71 bits per heavy atom. The van der Waals surface area contributed by atoms with Crippen molar-refractivity contribution >= 4 is 0 Å². The summed E-state index contributed by atoms with van der Waals surface area (Å²) in [4.78, 5) is 4.23. The Labute approximate surface area is 125 Å². The molecule has 3 rings (SSSR count). The molecule has 0 bridgehead atoms. The number of hydrogen-bond donors (Lipinski definition) is 1. The average Bonchev–Trinajstić information content (AvgIpc) is 3.08. The molecule has 0 aliphatic carbocycles. The van der Waals surface area contributed by atoms with Gasteiger partial charge in [0, 0.05) is 30.4 Å². The SMILES string of the molecule is COc1ccccc1O[C@H](c1cccnc1)C1CCNC1. The number of rotatable bonds is 5. The number of nitrogens with one attached hydrogen (secondary N) is 1. The first-order valence-corrected chi connectivity index (χ1v) is 7.29. The van der Waals surface area contributed by atoms with Crippen LogP contribution in [0.3, 0.4) is 0 Å². The maximum absolute atomic E-state index is 6.30. The predicted molar refractivity (Wildman–Crippen MR) is 81.6 cm³/mol. The summed E-state index contributed by atoms with van der Waals surface area (Å²) in [5.41, 5.74) is 1.11. The molecule has 0 amide bonds. The standard InChI is InChI=1S/C17H20N2O2/c1-20-15-6-2-3-7-16(15)21-17(14-8-10-19-12-14)13-5-4-9-18-11-13/h2-7,9,11,14,17,19H,8,10,12H2,1H3/t14?,17-/m1/s1. The maximum Gasteiger partial charge on any atom is 0.162 e. The van der Waals surface area contributed by atoms with E-state index in [9.17, 15) is 0 Å². The number of nitrogens with zero attached hydrogens (tertiary/aromatic N) is 1. The molecule has 4 heteroatoms. The van der Waals surface area contributed by atoms with Crippen LogP contribution >= 0.6 is 0 Å². The molecule has 0 radical (unpaired) electrons. The van der Waals surface area contributed by atoms with Crippen molar-refractivity contribution in [1.82, 2.24) is 10.3 Å². The molecule has 2 aromatic rings. The maximum atomic E-state index is 6.30. The van der Waals surface area contributed by atoms with Crippen molar-refractivity contribution in [3.8, 4) is 11.5 Å². The van der Waals surface area contributed by atoms with Crippen molar-refractivity contribution in [2.45, 2.75) is 12.5 Å². The number of methoxy groups -OCH3 is 1. The zero-order valence-electron chi connectivity index (χ0n) is 12.2. The predicted octanol–water partition coefficient (Wildman–Crippen LogP) is 2.82. The van der Waals surface area contributed by atoms with Gasteiger partial charge in [0.1, 0.15) is 6.10 Å². The molecule has 2 atom stereocenters. The summed E-state index contributed by atoms with van der Waals surface area (Å²) in [7, 11) is 1.67. The highest BCUT2D eigenvalue weighted by Crippen LogP contribution is 2.35.